The van der Waals surface area contributed by atoms with Crippen LogP contribution < -0.4 is 0 Å². The smallest absolute Gasteiger partial charge is 0.0527 e. The number of ether oxygens (including phenoxy) is 1. The van der Waals surface area contributed by atoms with Crippen molar-refractivity contribution >= 4 is 0 Å². The Kier molecular flexibility index (Phi) is 9.66. The van der Waals surface area contributed by atoms with E-state index in [0.29, 0.717) is 5.92 Å². The highest BCUT2D eigenvalue weighted by atomic mass is 16.5. The topological polar surface area (TPSA) is 9.23 Å². The van der Waals surface area contributed by atoms with Gasteiger partial charge in [0.15, 0.2) is 0 Å². The normalized spacial score (nSPS) is 13.9. The molecule has 0 bridgehead atoms. The molecule has 0 aromatic heterocycles. The van der Waals surface area contributed by atoms with Crippen LogP contribution in [0.4, 0.5) is 0 Å². The number of unbranched alkanes of at least 4 members (excludes halogenated alkanes) is 1. The number of rotatable bonds is 8. The highest BCUT2D eigenvalue weighted by Crippen LogP contribution is 2.08. The van der Waals surface area contributed by atoms with Crippen molar-refractivity contribution in [3.8, 4) is 0 Å². The van der Waals surface area contributed by atoms with E-state index in [-0.39, 0.29) is 0 Å². The van der Waals surface area contributed by atoms with Crippen molar-refractivity contribution in [2.45, 2.75) is 26.2 Å². The van der Waals surface area contributed by atoms with Crippen LogP contribution in [0.25, 0.3) is 0 Å². The lowest BCUT2D eigenvalue weighted by molar-refractivity contribution is 0.170. The molecule has 0 aliphatic heterocycles. The Balaban J connectivity index is 3.81. The largest absolute Gasteiger partial charge is 0.384 e. The minimum absolute atomic E-state index is 0.515. The van der Waals surface area contributed by atoms with E-state index in [9.17, 15) is 0 Å². The van der Waals surface area contributed by atoms with Gasteiger partial charge in [0.1, 0.15) is 0 Å². The van der Waals surface area contributed by atoms with Crippen LogP contribution in [0.15, 0.2) is 37.0 Å². The zero-order valence-corrected chi connectivity index (χ0v) is 9.41. The quantitative estimate of drug-likeness (QED) is 0.422. The van der Waals surface area contributed by atoms with Crippen LogP contribution in [-0.2, 0) is 4.74 Å². The molecule has 1 unspecified atom stereocenters. The van der Waals surface area contributed by atoms with Gasteiger partial charge in [0.2, 0.25) is 0 Å². The first kappa shape index (κ1) is 13.2. The van der Waals surface area contributed by atoms with Gasteiger partial charge in [0.25, 0.3) is 0 Å². The van der Waals surface area contributed by atoms with Gasteiger partial charge in [0, 0.05) is 13.0 Å². The summed E-state index contributed by atoms with van der Waals surface area (Å²) in [7, 11) is 1.75. The second-order valence-electron chi connectivity index (χ2n) is 3.31. The predicted molar refractivity (Wildman–Crippen MR) is 63.4 cm³/mol. The summed E-state index contributed by atoms with van der Waals surface area (Å²) in [6.45, 7) is 6.54. The summed E-state index contributed by atoms with van der Waals surface area (Å²) in [5.41, 5.74) is 0. The van der Waals surface area contributed by atoms with Gasteiger partial charge in [-0.15, -0.1) is 6.58 Å². The minimum atomic E-state index is 0.515. The van der Waals surface area contributed by atoms with E-state index >= 15 is 0 Å². The highest BCUT2D eigenvalue weighted by molar-refractivity contribution is 4.94. The van der Waals surface area contributed by atoms with E-state index in [1.165, 1.54) is 0 Å². The van der Waals surface area contributed by atoms with Crippen molar-refractivity contribution in [2.75, 3.05) is 13.7 Å². The van der Waals surface area contributed by atoms with E-state index in [2.05, 4.69) is 30.9 Å². The lowest BCUT2D eigenvalue weighted by atomic mass is 10.1. The third kappa shape index (κ3) is 7.81. The maximum absolute atomic E-state index is 5.15. The third-order valence-corrected chi connectivity index (χ3v) is 2.00. The molecule has 0 rings (SSSR count). The van der Waals surface area contributed by atoms with E-state index in [1.807, 2.05) is 13.0 Å². The van der Waals surface area contributed by atoms with Crippen LogP contribution in [0.5, 0.6) is 0 Å². The van der Waals surface area contributed by atoms with Crippen LogP contribution in [0.1, 0.15) is 26.2 Å². The van der Waals surface area contributed by atoms with E-state index in [1.54, 1.807) is 7.11 Å². The molecule has 1 atom stereocenters. The molecular weight excluding hydrogens is 172 g/mol. The fraction of sp³-hybridized carbons (Fsp3) is 0.538. The summed E-state index contributed by atoms with van der Waals surface area (Å²) in [5.74, 6) is 0.515. The second kappa shape index (κ2) is 10.3. The number of hydrogen-bond donors (Lipinski definition) is 0. The van der Waals surface area contributed by atoms with E-state index in [0.717, 1.165) is 25.9 Å². The summed E-state index contributed by atoms with van der Waals surface area (Å²) in [6, 6.07) is 0. The molecule has 0 spiro atoms. The molecule has 80 valence electrons. The van der Waals surface area contributed by atoms with Gasteiger partial charge in [-0.05, 0) is 26.2 Å². The van der Waals surface area contributed by atoms with Gasteiger partial charge < -0.3 is 4.74 Å². The fourth-order valence-corrected chi connectivity index (χ4v) is 1.23. The molecule has 14 heavy (non-hydrogen) atoms. The summed E-state index contributed by atoms with van der Waals surface area (Å²) in [4.78, 5) is 0. The summed E-state index contributed by atoms with van der Waals surface area (Å²) in [5, 5.41) is 0. The highest BCUT2D eigenvalue weighted by Gasteiger charge is 2.00. The maximum Gasteiger partial charge on any atom is 0.0527 e. The molecule has 1 nitrogen and oxygen atoms in total. The average molecular weight is 194 g/mol. The Morgan fingerprint density at radius 2 is 2.07 bits per heavy atom. The van der Waals surface area contributed by atoms with Gasteiger partial charge in [-0.2, -0.15) is 0 Å². The molecule has 0 radical (unpaired) electrons. The first-order chi connectivity index (χ1) is 6.85. The Bertz CT molecular complexity index is 180. The molecule has 0 aromatic carbocycles. The second-order valence-corrected chi connectivity index (χ2v) is 3.31. The molecule has 1 heteroatoms. The summed E-state index contributed by atoms with van der Waals surface area (Å²) >= 11 is 0. The van der Waals surface area contributed by atoms with Crippen LogP contribution >= 0.6 is 0 Å². The standard InChI is InChI=1S/C13H22O/c1-4-6-8-9-11-13(12-14-3)10-7-5-2/h4-5,7,9,11,13H,1,6,8,10,12H2,2-3H3/b7-5+,11-9+. The molecular formula is C13H22O. The number of hydrogen-bond acceptors (Lipinski definition) is 1. The molecule has 0 heterocycles. The average Bonchev–Trinajstić information content (AvgIpc) is 2.20. The zero-order valence-electron chi connectivity index (χ0n) is 9.41. The van der Waals surface area contributed by atoms with E-state index < -0.39 is 0 Å². The lowest BCUT2D eigenvalue weighted by Crippen LogP contribution is -2.03. The molecule has 0 N–H and O–H groups in total. The Morgan fingerprint density at radius 3 is 2.64 bits per heavy atom. The molecule has 0 aromatic rings. The monoisotopic (exact) mass is 194 g/mol. The van der Waals surface area contributed by atoms with Gasteiger partial charge in [-0.25, -0.2) is 0 Å². The third-order valence-electron chi connectivity index (χ3n) is 2.00. The van der Waals surface area contributed by atoms with Crippen molar-refractivity contribution in [2.24, 2.45) is 5.92 Å². The van der Waals surface area contributed by atoms with Gasteiger partial charge in [-0.3, -0.25) is 0 Å². The van der Waals surface area contributed by atoms with Gasteiger partial charge in [0.05, 0.1) is 6.61 Å². The van der Waals surface area contributed by atoms with Crippen LogP contribution in [0.2, 0.25) is 0 Å². The molecule has 0 aliphatic rings. The fourth-order valence-electron chi connectivity index (χ4n) is 1.23. The zero-order chi connectivity index (χ0) is 10.6. The minimum Gasteiger partial charge on any atom is -0.384 e. The number of methoxy groups -OCH3 is 1. The van der Waals surface area contributed by atoms with Crippen LogP contribution in [0, 0.1) is 5.92 Å². The Labute approximate surface area is 88.2 Å². The molecule has 0 aliphatic carbocycles. The van der Waals surface area contributed by atoms with Crippen molar-refractivity contribution < 1.29 is 4.74 Å². The van der Waals surface area contributed by atoms with Gasteiger partial charge >= 0.3 is 0 Å². The van der Waals surface area contributed by atoms with Gasteiger partial charge in [-0.1, -0.05) is 30.4 Å². The Morgan fingerprint density at radius 1 is 1.29 bits per heavy atom. The molecule has 0 amide bonds. The first-order valence-corrected chi connectivity index (χ1v) is 5.22. The lowest BCUT2D eigenvalue weighted by Gasteiger charge is -2.08. The van der Waals surface area contributed by atoms with E-state index in [4.69, 9.17) is 4.74 Å². The van der Waals surface area contributed by atoms with Crippen molar-refractivity contribution in [1.82, 2.24) is 0 Å². The molecule has 0 saturated carbocycles. The maximum atomic E-state index is 5.15. The first-order valence-electron chi connectivity index (χ1n) is 5.22. The predicted octanol–water partition coefficient (Wildman–Crippen LogP) is 3.74. The SMILES string of the molecule is C=CCC/C=C/C(C/C=C/C)COC. The van der Waals surface area contributed by atoms with Crippen molar-refractivity contribution in [3.63, 3.8) is 0 Å². The van der Waals surface area contributed by atoms with Crippen molar-refractivity contribution in [1.29, 1.82) is 0 Å². The van der Waals surface area contributed by atoms with Crippen LogP contribution in [-0.4, -0.2) is 13.7 Å². The summed E-state index contributed by atoms with van der Waals surface area (Å²) in [6.07, 6.45) is 13.9. The molecule has 0 fully saturated rings. The summed E-state index contributed by atoms with van der Waals surface area (Å²) < 4.78 is 5.15. The van der Waals surface area contributed by atoms with Crippen LogP contribution in [0.3, 0.4) is 0 Å². The number of allylic oxidation sites excluding steroid dienone is 4. The van der Waals surface area contributed by atoms with Crippen molar-refractivity contribution in [3.05, 3.63) is 37.0 Å². The Hall–Kier alpha value is -0.820. The molecule has 0 saturated heterocycles.